The quantitative estimate of drug-likeness (QED) is 0.553. The number of allylic oxidation sites excluding steroid dienone is 3. The van der Waals surface area contributed by atoms with Gasteiger partial charge in [-0.3, -0.25) is 0 Å². The van der Waals surface area contributed by atoms with E-state index in [0.717, 1.165) is 0 Å². The number of likely N-dealkylation sites (N-methyl/N-ethyl adjacent to an activating group) is 1. The van der Waals surface area contributed by atoms with Gasteiger partial charge < -0.3 is 4.90 Å². The highest BCUT2D eigenvalue weighted by atomic mass is 15.2. The van der Waals surface area contributed by atoms with Crippen molar-refractivity contribution in [1.82, 2.24) is 4.90 Å². The summed E-state index contributed by atoms with van der Waals surface area (Å²) in [6.07, 6.45) is 6.17. The van der Waals surface area contributed by atoms with Crippen molar-refractivity contribution in [3.8, 4) is 0 Å². The first kappa shape index (κ1) is 8.12. The molecule has 1 heteroatoms. The lowest BCUT2D eigenvalue weighted by molar-refractivity contribution is 0.293. The van der Waals surface area contributed by atoms with Gasteiger partial charge in [0.25, 0.3) is 0 Å². The molecule has 0 radical (unpaired) electrons. The van der Waals surface area contributed by atoms with Crippen LogP contribution in [-0.2, 0) is 0 Å². The van der Waals surface area contributed by atoms with Crippen molar-refractivity contribution < 1.29 is 0 Å². The molecule has 1 rings (SSSR count). The van der Waals surface area contributed by atoms with Gasteiger partial charge >= 0.3 is 0 Å². The zero-order valence-electron chi connectivity index (χ0n) is 7.46. The fourth-order valence-corrected chi connectivity index (χ4v) is 1.23. The Kier molecular flexibility index (Phi) is 2.18. The number of hydrogen-bond acceptors (Lipinski definition) is 1. The van der Waals surface area contributed by atoms with Gasteiger partial charge in [0.05, 0.1) is 6.04 Å². The Labute approximate surface area is 68.7 Å². The molecule has 0 aromatic carbocycles. The fraction of sp³-hybridized carbons (Fsp3) is 0.400. The topological polar surface area (TPSA) is 3.24 Å². The van der Waals surface area contributed by atoms with Crippen molar-refractivity contribution in [2.24, 2.45) is 0 Å². The molecule has 0 amide bonds. The van der Waals surface area contributed by atoms with Gasteiger partial charge in [0.2, 0.25) is 0 Å². The minimum Gasteiger partial charge on any atom is -0.368 e. The predicted octanol–water partition coefficient (Wildman–Crippen LogP) is 2.34. The third-order valence-electron chi connectivity index (χ3n) is 2.24. The largest absolute Gasteiger partial charge is 0.368 e. The third-order valence-corrected chi connectivity index (χ3v) is 2.24. The molecule has 1 aliphatic rings. The summed E-state index contributed by atoms with van der Waals surface area (Å²) in [6, 6.07) is 0.520. The molecule has 1 aliphatic heterocycles. The van der Waals surface area contributed by atoms with E-state index in [1.165, 1.54) is 11.3 Å². The zero-order valence-corrected chi connectivity index (χ0v) is 7.46. The fourth-order valence-electron chi connectivity index (χ4n) is 1.23. The van der Waals surface area contributed by atoms with E-state index >= 15 is 0 Å². The van der Waals surface area contributed by atoms with Crippen molar-refractivity contribution >= 4 is 0 Å². The summed E-state index contributed by atoms with van der Waals surface area (Å²) in [7, 11) is 2.09. The Balaban J connectivity index is 2.69. The van der Waals surface area contributed by atoms with Crippen LogP contribution in [0.1, 0.15) is 13.8 Å². The third kappa shape index (κ3) is 1.23. The van der Waals surface area contributed by atoms with Crippen molar-refractivity contribution in [1.29, 1.82) is 0 Å². The number of hydrogen-bond donors (Lipinski definition) is 0. The lowest BCUT2D eigenvalue weighted by Crippen LogP contribution is -2.42. The summed E-state index contributed by atoms with van der Waals surface area (Å²) in [6.45, 7) is 8.16. The maximum Gasteiger partial charge on any atom is 0.0525 e. The second-order valence-electron chi connectivity index (χ2n) is 2.89. The first-order chi connectivity index (χ1) is 5.18. The molecule has 1 heterocycles. The summed E-state index contributed by atoms with van der Waals surface area (Å²) in [5.41, 5.74) is 2.50. The molecule has 11 heavy (non-hydrogen) atoms. The Morgan fingerprint density at radius 2 is 2.18 bits per heavy atom. The molecular formula is C10H15N. The monoisotopic (exact) mass is 149 g/mol. The highest BCUT2D eigenvalue weighted by molar-refractivity contribution is 5.42. The minimum atomic E-state index is 0.520. The Bertz CT molecular complexity index is 223. The van der Waals surface area contributed by atoms with Crippen molar-refractivity contribution in [2.45, 2.75) is 19.9 Å². The highest BCUT2D eigenvalue weighted by Gasteiger charge is 2.28. The molecule has 0 saturated carbocycles. The van der Waals surface area contributed by atoms with Gasteiger partial charge in [-0.05, 0) is 25.5 Å². The van der Waals surface area contributed by atoms with E-state index in [1.54, 1.807) is 0 Å². The molecular weight excluding hydrogens is 134 g/mol. The summed E-state index contributed by atoms with van der Waals surface area (Å²) >= 11 is 0. The standard InChI is InChI=1S/C10H15N/c1-5-6-7-10-8(2)9(3)11(10)4/h5-7,9H,2H2,1,3-4H3/b6-5-,10-7+. The lowest BCUT2D eigenvalue weighted by Gasteiger charge is -2.42. The number of likely N-dealkylation sites (tertiary alicyclic amines) is 1. The normalized spacial score (nSPS) is 28.3. The van der Waals surface area contributed by atoms with E-state index in [-0.39, 0.29) is 0 Å². The maximum absolute atomic E-state index is 3.98. The smallest absolute Gasteiger partial charge is 0.0525 e. The van der Waals surface area contributed by atoms with E-state index in [4.69, 9.17) is 0 Å². The van der Waals surface area contributed by atoms with E-state index in [2.05, 4.69) is 31.5 Å². The van der Waals surface area contributed by atoms with Gasteiger partial charge in [0.1, 0.15) is 0 Å². The summed E-state index contributed by atoms with van der Waals surface area (Å²) in [4.78, 5) is 2.22. The maximum atomic E-state index is 3.98. The molecule has 60 valence electrons. The van der Waals surface area contributed by atoms with Crippen LogP contribution in [-0.4, -0.2) is 18.0 Å². The van der Waals surface area contributed by atoms with Gasteiger partial charge in [-0.15, -0.1) is 0 Å². The Morgan fingerprint density at radius 1 is 1.55 bits per heavy atom. The predicted molar refractivity (Wildman–Crippen MR) is 49.3 cm³/mol. The molecule has 0 N–H and O–H groups in total. The number of rotatable bonds is 1. The molecule has 1 unspecified atom stereocenters. The molecule has 1 atom stereocenters. The number of nitrogens with zero attached hydrogens (tertiary/aromatic N) is 1. The molecule has 1 saturated heterocycles. The van der Waals surface area contributed by atoms with Gasteiger partial charge in [-0.25, -0.2) is 0 Å². The van der Waals surface area contributed by atoms with Crippen LogP contribution in [0, 0.1) is 0 Å². The van der Waals surface area contributed by atoms with Crippen LogP contribution < -0.4 is 0 Å². The highest BCUT2D eigenvalue weighted by Crippen LogP contribution is 2.31. The first-order valence-corrected chi connectivity index (χ1v) is 3.93. The average Bonchev–Trinajstić information content (AvgIpc) is 2.04. The lowest BCUT2D eigenvalue weighted by atomic mass is 9.95. The van der Waals surface area contributed by atoms with Crippen LogP contribution in [0.15, 0.2) is 36.1 Å². The van der Waals surface area contributed by atoms with Gasteiger partial charge in [-0.2, -0.15) is 0 Å². The van der Waals surface area contributed by atoms with Crippen molar-refractivity contribution in [3.63, 3.8) is 0 Å². The first-order valence-electron chi connectivity index (χ1n) is 3.93. The van der Waals surface area contributed by atoms with Gasteiger partial charge in [0, 0.05) is 12.7 Å². The van der Waals surface area contributed by atoms with Crippen LogP contribution in [0.4, 0.5) is 0 Å². The molecule has 0 bridgehead atoms. The summed E-state index contributed by atoms with van der Waals surface area (Å²) in [5, 5.41) is 0. The molecule has 0 spiro atoms. The molecule has 1 fully saturated rings. The van der Waals surface area contributed by atoms with Crippen LogP contribution >= 0.6 is 0 Å². The van der Waals surface area contributed by atoms with Crippen LogP contribution in [0.25, 0.3) is 0 Å². The van der Waals surface area contributed by atoms with E-state index in [1.807, 2.05) is 19.1 Å². The SMILES string of the molecule is C=C1/C(=C\C=C/C)N(C)C1C. The Morgan fingerprint density at radius 3 is 2.64 bits per heavy atom. The molecule has 0 aromatic heterocycles. The minimum absolute atomic E-state index is 0.520. The van der Waals surface area contributed by atoms with Crippen LogP contribution in [0.2, 0.25) is 0 Å². The van der Waals surface area contributed by atoms with Gasteiger partial charge in [-0.1, -0.05) is 18.7 Å². The second kappa shape index (κ2) is 2.95. The van der Waals surface area contributed by atoms with Crippen LogP contribution in [0.5, 0.6) is 0 Å². The second-order valence-corrected chi connectivity index (χ2v) is 2.89. The molecule has 0 aliphatic carbocycles. The molecule has 1 nitrogen and oxygen atoms in total. The summed E-state index contributed by atoms with van der Waals surface area (Å²) in [5.74, 6) is 0. The zero-order chi connectivity index (χ0) is 8.43. The average molecular weight is 149 g/mol. The summed E-state index contributed by atoms with van der Waals surface area (Å²) < 4.78 is 0. The Hall–Kier alpha value is -0.980. The van der Waals surface area contributed by atoms with Crippen molar-refractivity contribution in [2.75, 3.05) is 7.05 Å². The van der Waals surface area contributed by atoms with Crippen LogP contribution in [0.3, 0.4) is 0 Å². The van der Waals surface area contributed by atoms with Crippen molar-refractivity contribution in [3.05, 3.63) is 36.1 Å². The van der Waals surface area contributed by atoms with E-state index < -0.39 is 0 Å². The molecule has 0 aromatic rings. The van der Waals surface area contributed by atoms with E-state index in [0.29, 0.717) is 6.04 Å². The van der Waals surface area contributed by atoms with Gasteiger partial charge in [0.15, 0.2) is 0 Å². The van der Waals surface area contributed by atoms with E-state index in [9.17, 15) is 0 Å².